The molecule has 2 aromatic carbocycles. The van der Waals surface area contributed by atoms with E-state index in [1.807, 2.05) is 36.0 Å². The van der Waals surface area contributed by atoms with Gasteiger partial charge in [-0.05, 0) is 36.8 Å². The first kappa shape index (κ1) is 22.9. The van der Waals surface area contributed by atoms with Crippen molar-refractivity contribution in [3.63, 3.8) is 0 Å². The molecule has 28 heavy (non-hydrogen) atoms. The topological polar surface area (TPSA) is 61.8 Å². The van der Waals surface area contributed by atoms with Crippen LogP contribution in [-0.4, -0.2) is 67.2 Å². The zero-order chi connectivity index (χ0) is 19.1. The Kier molecular flexibility index (Phi) is 9.44. The third kappa shape index (κ3) is 6.30. The maximum Gasteiger partial charge on any atom is 2.00 e. The summed E-state index contributed by atoms with van der Waals surface area (Å²) in [6, 6.07) is 15.9. The molecule has 1 aliphatic rings. The normalized spacial score (nSPS) is 14.0. The summed E-state index contributed by atoms with van der Waals surface area (Å²) in [5.41, 5.74) is 2.16. The van der Waals surface area contributed by atoms with E-state index in [9.17, 15) is 9.90 Å². The predicted octanol–water partition coefficient (Wildman–Crippen LogP) is 1.99. The van der Waals surface area contributed by atoms with Crippen LogP contribution >= 0.6 is 11.8 Å². The fourth-order valence-electron chi connectivity index (χ4n) is 3.08. The summed E-state index contributed by atoms with van der Waals surface area (Å²) in [6.45, 7) is 4.56. The molecule has 1 atom stereocenters. The molecule has 0 saturated heterocycles. The van der Waals surface area contributed by atoms with Crippen LogP contribution in [0.2, 0.25) is 0 Å². The maximum absolute atomic E-state index is 11.1. The first-order valence-corrected chi connectivity index (χ1v) is 10.2. The molecule has 0 aromatic heterocycles. The van der Waals surface area contributed by atoms with Gasteiger partial charge in [-0.15, -0.1) is 11.8 Å². The molecule has 1 heterocycles. The number of para-hydroxylation sites is 1. The van der Waals surface area contributed by atoms with E-state index in [0.717, 1.165) is 30.2 Å². The molecule has 2 aromatic rings. The smallest absolute Gasteiger partial charge is 0.547 e. The van der Waals surface area contributed by atoms with Crippen LogP contribution in [-0.2, 0) is 16.0 Å². The molecule has 0 fully saturated rings. The molecular formula is C21H24MgNO4S+. The van der Waals surface area contributed by atoms with Crippen molar-refractivity contribution in [2.75, 3.05) is 37.0 Å². The van der Waals surface area contributed by atoms with Crippen LogP contribution in [0.25, 0.3) is 0 Å². The van der Waals surface area contributed by atoms with Crippen molar-refractivity contribution < 1.29 is 19.4 Å². The Bertz CT molecular complexity index is 756. The van der Waals surface area contributed by atoms with Gasteiger partial charge in [-0.3, -0.25) is 0 Å². The van der Waals surface area contributed by atoms with Crippen LogP contribution in [0.5, 0.6) is 5.75 Å². The Morgan fingerprint density at radius 3 is 2.68 bits per heavy atom. The molecular weight excluding hydrogens is 387 g/mol. The van der Waals surface area contributed by atoms with Gasteiger partial charge in [-0.2, -0.15) is 0 Å². The van der Waals surface area contributed by atoms with Gasteiger partial charge >= 0.3 is 23.1 Å². The van der Waals surface area contributed by atoms with Crippen molar-refractivity contribution in [3.8, 4) is 5.75 Å². The monoisotopic (exact) mass is 410 g/mol. The SMILES string of the molecule is CCO[C@@H](Cc1ccc(OCCN2CCSc3ccccc32)cc1)C(=O)[O-].[Mg+2]. The number of carbonyl (C=O) groups is 1. The van der Waals surface area contributed by atoms with Crippen molar-refractivity contribution in [2.24, 2.45) is 0 Å². The number of hydrogen-bond acceptors (Lipinski definition) is 6. The molecule has 3 rings (SSSR count). The van der Waals surface area contributed by atoms with Crippen LogP contribution in [0.1, 0.15) is 12.5 Å². The molecule has 1 aliphatic heterocycles. The number of fused-ring (bicyclic) bond motifs is 1. The summed E-state index contributed by atoms with van der Waals surface area (Å²) >= 11 is 1.90. The Hall–Kier alpha value is -1.41. The summed E-state index contributed by atoms with van der Waals surface area (Å²) in [4.78, 5) is 14.8. The number of hydrogen-bond donors (Lipinski definition) is 0. The Balaban J connectivity index is 0.00000280. The van der Waals surface area contributed by atoms with Crippen molar-refractivity contribution in [2.45, 2.75) is 24.3 Å². The number of ether oxygens (including phenoxy) is 2. The average Bonchev–Trinajstić information content (AvgIpc) is 2.69. The van der Waals surface area contributed by atoms with Crippen molar-refractivity contribution >= 4 is 46.5 Å². The van der Waals surface area contributed by atoms with E-state index in [1.165, 1.54) is 10.6 Å². The van der Waals surface area contributed by atoms with Gasteiger partial charge in [0.2, 0.25) is 0 Å². The number of carbonyl (C=O) groups excluding carboxylic acids is 1. The van der Waals surface area contributed by atoms with E-state index in [1.54, 1.807) is 6.92 Å². The number of rotatable bonds is 9. The maximum atomic E-state index is 11.1. The van der Waals surface area contributed by atoms with E-state index >= 15 is 0 Å². The van der Waals surface area contributed by atoms with E-state index in [-0.39, 0.29) is 23.1 Å². The molecule has 0 bridgehead atoms. The predicted molar refractivity (Wildman–Crippen MR) is 111 cm³/mol. The number of thioether (sulfide) groups is 1. The van der Waals surface area contributed by atoms with Gasteiger partial charge in [-0.25, -0.2) is 0 Å². The van der Waals surface area contributed by atoms with Crippen LogP contribution < -0.4 is 14.7 Å². The van der Waals surface area contributed by atoms with E-state index in [0.29, 0.717) is 19.6 Å². The van der Waals surface area contributed by atoms with Crippen LogP contribution in [0, 0.1) is 0 Å². The van der Waals surface area contributed by atoms with Crippen LogP contribution in [0.4, 0.5) is 5.69 Å². The van der Waals surface area contributed by atoms with Crippen molar-refractivity contribution in [3.05, 3.63) is 54.1 Å². The first-order chi connectivity index (χ1) is 13.2. The summed E-state index contributed by atoms with van der Waals surface area (Å²) in [5, 5.41) is 11.1. The molecule has 0 amide bonds. The number of benzene rings is 2. The number of carboxylic acid groups (broad SMARTS) is 1. The quantitative estimate of drug-likeness (QED) is 0.589. The second-order valence-electron chi connectivity index (χ2n) is 6.26. The summed E-state index contributed by atoms with van der Waals surface area (Å²) in [7, 11) is 0. The minimum absolute atomic E-state index is 0. The molecule has 7 heteroatoms. The molecule has 144 valence electrons. The molecule has 0 unspecified atom stereocenters. The third-order valence-corrected chi connectivity index (χ3v) is 5.47. The minimum atomic E-state index is -1.18. The second kappa shape index (κ2) is 11.6. The molecule has 0 N–H and O–H groups in total. The van der Waals surface area contributed by atoms with E-state index < -0.39 is 12.1 Å². The fourth-order valence-corrected chi connectivity index (χ4v) is 4.13. The number of carboxylic acids is 1. The number of aliphatic carboxylic acids is 1. The zero-order valence-electron chi connectivity index (χ0n) is 16.1. The van der Waals surface area contributed by atoms with Crippen LogP contribution in [0.3, 0.4) is 0 Å². The van der Waals surface area contributed by atoms with Gasteiger partial charge in [0.1, 0.15) is 18.5 Å². The van der Waals surface area contributed by atoms with Gasteiger partial charge in [0.05, 0.1) is 18.2 Å². The van der Waals surface area contributed by atoms with Gasteiger partial charge in [0, 0.05) is 30.2 Å². The summed E-state index contributed by atoms with van der Waals surface area (Å²) in [5.74, 6) is 0.683. The summed E-state index contributed by atoms with van der Waals surface area (Å²) < 4.78 is 11.1. The fraction of sp³-hybridized carbons (Fsp3) is 0.381. The molecule has 0 aliphatic carbocycles. The van der Waals surface area contributed by atoms with Crippen molar-refractivity contribution in [1.82, 2.24) is 0 Å². The number of nitrogens with zero attached hydrogens (tertiary/aromatic N) is 1. The van der Waals surface area contributed by atoms with E-state index in [4.69, 9.17) is 9.47 Å². The largest absolute Gasteiger partial charge is 2.00 e. The second-order valence-corrected chi connectivity index (χ2v) is 7.40. The van der Waals surface area contributed by atoms with Crippen LogP contribution in [0.15, 0.2) is 53.4 Å². The van der Waals surface area contributed by atoms with Gasteiger partial charge in [0.25, 0.3) is 0 Å². The zero-order valence-corrected chi connectivity index (χ0v) is 18.4. The average molecular weight is 411 g/mol. The number of anilines is 1. The molecule has 0 saturated carbocycles. The van der Waals surface area contributed by atoms with E-state index in [2.05, 4.69) is 29.2 Å². The third-order valence-electron chi connectivity index (χ3n) is 4.43. The summed E-state index contributed by atoms with van der Waals surface area (Å²) in [6.07, 6.45) is -0.627. The molecule has 0 spiro atoms. The Morgan fingerprint density at radius 1 is 1.21 bits per heavy atom. The Morgan fingerprint density at radius 2 is 1.96 bits per heavy atom. The van der Waals surface area contributed by atoms with Gasteiger partial charge < -0.3 is 24.3 Å². The van der Waals surface area contributed by atoms with Gasteiger partial charge in [-0.1, -0.05) is 24.3 Å². The Labute approximate surface area is 186 Å². The first-order valence-electron chi connectivity index (χ1n) is 9.18. The minimum Gasteiger partial charge on any atom is -0.547 e. The standard InChI is InChI=1S/C21H25NO4S.Mg/c1-2-25-19(21(23)24)15-16-7-9-17(10-8-16)26-13-11-22-12-14-27-20-6-4-3-5-18(20)22;/h3-10,19H,2,11-15H2,1H3,(H,23,24);/q;+2/p-1/t19-;/m0./s1. The molecule has 5 nitrogen and oxygen atoms in total. The van der Waals surface area contributed by atoms with Gasteiger partial charge in [0.15, 0.2) is 0 Å². The van der Waals surface area contributed by atoms with Crippen molar-refractivity contribution in [1.29, 1.82) is 0 Å². The molecule has 0 radical (unpaired) electrons.